The highest BCUT2D eigenvalue weighted by Crippen LogP contribution is 2.30. The number of fused-ring (bicyclic) bond motifs is 1. The molecule has 1 N–H and O–H groups in total. The van der Waals surface area contributed by atoms with Crippen molar-refractivity contribution in [3.63, 3.8) is 0 Å². The normalized spacial score (nSPS) is 18.8. The molecule has 7 nitrogen and oxygen atoms in total. The predicted molar refractivity (Wildman–Crippen MR) is 132 cm³/mol. The smallest absolute Gasteiger partial charge is 0.318 e. The standard InChI is InChI=1S/C24H31N5O2.C2H6/c30-22-10-13-29(17-19-7-5-6-18(14-19)16-28-11-3-4-12-28)23-21(26-22)15-25-24(27-23)31-20-8-1-2-9-20;1-2/h5-7,14-15,20H,1-4,8-13,16-17H2,(H,26,30);1-2H3. The summed E-state index contributed by atoms with van der Waals surface area (Å²) < 4.78 is 6.03. The maximum Gasteiger partial charge on any atom is 0.318 e. The van der Waals surface area contributed by atoms with E-state index in [4.69, 9.17) is 9.72 Å². The number of ether oxygens (including phenoxy) is 1. The number of aromatic nitrogens is 2. The number of amides is 1. The first-order valence-corrected chi connectivity index (χ1v) is 12.6. The van der Waals surface area contributed by atoms with Gasteiger partial charge in [0.25, 0.3) is 0 Å². The molecule has 0 spiro atoms. The third-order valence-electron chi connectivity index (χ3n) is 6.47. The minimum Gasteiger partial charge on any atom is -0.460 e. The van der Waals surface area contributed by atoms with Crippen molar-refractivity contribution in [3.8, 4) is 6.01 Å². The molecule has 1 amide bonds. The summed E-state index contributed by atoms with van der Waals surface area (Å²) in [5, 5.41) is 2.95. The van der Waals surface area contributed by atoms with Crippen LogP contribution in [0, 0.1) is 0 Å². The van der Waals surface area contributed by atoms with Gasteiger partial charge in [0, 0.05) is 26.1 Å². The van der Waals surface area contributed by atoms with E-state index in [2.05, 4.69) is 44.4 Å². The summed E-state index contributed by atoms with van der Waals surface area (Å²) in [4.78, 5) is 26.0. The summed E-state index contributed by atoms with van der Waals surface area (Å²) in [5.74, 6) is 0.749. The first-order chi connectivity index (χ1) is 16.2. The van der Waals surface area contributed by atoms with Crippen LogP contribution in [0.15, 0.2) is 30.5 Å². The Morgan fingerprint density at radius 2 is 1.76 bits per heavy atom. The molecule has 3 heterocycles. The number of nitrogens with one attached hydrogen (secondary N) is 1. The van der Waals surface area contributed by atoms with Crippen LogP contribution in [-0.4, -0.2) is 46.5 Å². The lowest BCUT2D eigenvalue weighted by atomic mass is 10.1. The van der Waals surface area contributed by atoms with Gasteiger partial charge in [-0.25, -0.2) is 4.98 Å². The van der Waals surface area contributed by atoms with Gasteiger partial charge in [0.05, 0.1) is 6.20 Å². The zero-order chi connectivity index (χ0) is 23.0. The Kier molecular flexibility index (Phi) is 8.15. The van der Waals surface area contributed by atoms with Crippen molar-refractivity contribution in [1.82, 2.24) is 14.9 Å². The summed E-state index contributed by atoms with van der Waals surface area (Å²) in [5.41, 5.74) is 3.24. The second kappa shape index (κ2) is 11.5. The van der Waals surface area contributed by atoms with Gasteiger partial charge >= 0.3 is 6.01 Å². The van der Waals surface area contributed by atoms with Crippen molar-refractivity contribution >= 4 is 17.4 Å². The largest absolute Gasteiger partial charge is 0.460 e. The fraction of sp³-hybridized carbons (Fsp3) is 0.577. The summed E-state index contributed by atoms with van der Waals surface area (Å²) >= 11 is 0. The van der Waals surface area contributed by atoms with Gasteiger partial charge in [0.2, 0.25) is 5.91 Å². The number of benzene rings is 1. The second-order valence-corrected chi connectivity index (χ2v) is 8.94. The van der Waals surface area contributed by atoms with Gasteiger partial charge in [-0.3, -0.25) is 9.69 Å². The van der Waals surface area contributed by atoms with Gasteiger partial charge in [-0.15, -0.1) is 0 Å². The molecule has 178 valence electrons. The van der Waals surface area contributed by atoms with Gasteiger partial charge in [-0.2, -0.15) is 4.98 Å². The van der Waals surface area contributed by atoms with E-state index >= 15 is 0 Å². The summed E-state index contributed by atoms with van der Waals surface area (Å²) in [6.45, 7) is 8.72. The van der Waals surface area contributed by atoms with E-state index in [9.17, 15) is 4.79 Å². The average molecular weight is 452 g/mol. The van der Waals surface area contributed by atoms with E-state index in [1.54, 1.807) is 6.20 Å². The van der Waals surface area contributed by atoms with E-state index in [-0.39, 0.29) is 12.0 Å². The van der Waals surface area contributed by atoms with Gasteiger partial charge in [0.1, 0.15) is 11.8 Å². The van der Waals surface area contributed by atoms with Crippen molar-refractivity contribution in [2.75, 3.05) is 29.9 Å². The quantitative estimate of drug-likeness (QED) is 0.682. The SMILES string of the molecule is CC.O=C1CCN(Cc2cccc(CN3CCCC3)c2)c2nc(OC3CCCC3)ncc2N1. The monoisotopic (exact) mass is 451 g/mol. The van der Waals surface area contributed by atoms with E-state index in [0.29, 0.717) is 31.2 Å². The van der Waals surface area contributed by atoms with Crippen molar-refractivity contribution in [2.24, 2.45) is 0 Å². The summed E-state index contributed by atoms with van der Waals surface area (Å²) in [7, 11) is 0. The van der Waals surface area contributed by atoms with Crippen molar-refractivity contribution in [2.45, 2.75) is 78.0 Å². The third kappa shape index (κ3) is 6.22. The number of anilines is 2. The average Bonchev–Trinajstić information content (AvgIpc) is 3.51. The molecule has 2 fully saturated rings. The first-order valence-electron chi connectivity index (χ1n) is 12.6. The molecule has 3 aliphatic rings. The van der Waals surface area contributed by atoms with Crippen LogP contribution in [0.25, 0.3) is 0 Å². The molecular weight excluding hydrogens is 414 g/mol. The van der Waals surface area contributed by atoms with Crippen LogP contribution in [0.5, 0.6) is 6.01 Å². The first kappa shape index (κ1) is 23.5. The van der Waals surface area contributed by atoms with Crippen LogP contribution in [0.4, 0.5) is 11.5 Å². The molecule has 0 unspecified atom stereocenters. The molecule has 1 aromatic heterocycles. The Morgan fingerprint density at radius 3 is 2.52 bits per heavy atom. The molecular formula is C26H37N5O2. The molecule has 1 aliphatic carbocycles. The Hall–Kier alpha value is -2.67. The van der Waals surface area contributed by atoms with E-state index in [1.165, 1.54) is 49.9 Å². The van der Waals surface area contributed by atoms with Crippen LogP contribution in [0.1, 0.15) is 69.9 Å². The van der Waals surface area contributed by atoms with Crippen molar-refractivity contribution in [1.29, 1.82) is 0 Å². The fourth-order valence-electron chi connectivity index (χ4n) is 4.85. The third-order valence-corrected chi connectivity index (χ3v) is 6.47. The van der Waals surface area contributed by atoms with Gasteiger partial charge < -0.3 is 15.0 Å². The van der Waals surface area contributed by atoms with Crippen LogP contribution in [0.3, 0.4) is 0 Å². The van der Waals surface area contributed by atoms with Crippen molar-refractivity contribution < 1.29 is 9.53 Å². The highest BCUT2D eigenvalue weighted by atomic mass is 16.5. The molecule has 1 saturated carbocycles. The topological polar surface area (TPSA) is 70.6 Å². The maximum absolute atomic E-state index is 12.2. The fourth-order valence-corrected chi connectivity index (χ4v) is 4.85. The number of likely N-dealkylation sites (tertiary alicyclic amines) is 1. The van der Waals surface area contributed by atoms with Crippen LogP contribution in [0.2, 0.25) is 0 Å². The Balaban J connectivity index is 0.00000126. The second-order valence-electron chi connectivity index (χ2n) is 8.94. The number of carbonyl (C=O) groups is 1. The lowest BCUT2D eigenvalue weighted by Crippen LogP contribution is -2.25. The molecule has 7 heteroatoms. The van der Waals surface area contributed by atoms with Gasteiger partial charge in [-0.1, -0.05) is 38.1 Å². The molecule has 2 aromatic rings. The molecule has 33 heavy (non-hydrogen) atoms. The van der Waals surface area contributed by atoms with E-state index in [1.807, 2.05) is 13.8 Å². The molecule has 0 bridgehead atoms. The predicted octanol–water partition coefficient (Wildman–Crippen LogP) is 4.77. The number of rotatable bonds is 6. The number of hydrogen-bond acceptors (Lipinski definition) is 6. The molecule has 1 aromatic carbocycles. The van der Waals surface area contributed by atoms with E-state index < -0.39 is 0 Å². The van der Waals surface area contributed by atoms with Crippen molar-refractivity contribution in [3.05, 3.63) is 41.6 Å². The van der Waals surface area contributed by atoms with Gasteiger partial charge in [-0.05, 0) is 62.7 Å². The Labute approximate surface area is 197 Å². The molecule has 0 atom stereocenters. The molecule has 2 aliphatic heterocycles. The Bertz CT molecular complexity index is 923. The van der Waals surface area contributed by atoms with Crippen LogP contribution < -0.4 is 15.0 Å². The molecule has 0 radical (unpaired) electrons. The summed E-state index contributed by atoms with van der Waals surface area (Å²) in [6, 6.07) is 9.20. The van der Waals surface area contributed by atoms with E-state index in [0.717, 1.165) is 25.2 Å². The van der Waals surface area contributed by atoms with Crippen LogP contribution in [-0.2, 0) is 17.9 Å². The highest BCUT2D eigenvalue weighted by molar-refractivity contribution is 5.95. The lowest BCUT2D eigenvalue weighted by molar-refractivity contribution is -0.115. The van der Waals surface area contributed by atoms with Gasteiger partial charge in [0.15, 0.2) is 5.82 Å². The summed E-state index contributed by atoms with van der Waals surface area (Å²) in [6.07, 6.45) is 9.45. The Morgan fingerprint density at radius 1 is 1.03 bits per heavy atom. The number of carbonyl (C=O) groups excluding carboxylic acids is 1. The zero-order valence-electron chi connectivity index (χ0n) is 20.1. The van der Waals surface area contributed by atoms with Crippen LogP contribution >= 0.6 is 0 Å². The highest BCUT2D eigenvalue weighted by Gasteiger charge is 2.24. The number of nitrogens with zero attached hydrogens (tertiary/aromatic N) is 4. The molecule has 5 rings (SSSR count). The lowest BCUT2D eigenvalue weighted by Gasteiger charge is -2.24. The minimum atomic E-state index is -0.000375. The minimum absolute atomic E-state index is 0.000375. The number of hydrogen-bond donors (Lipinski definition) is 1. The zero-order valence-corrected chi connectivity index (χ0v) is 20.1. The maximum atomic E-state index is 12.2. The molecule has 1 saturated heterocycles.